The highest BCUT2D eigenvalue weighted by Gasteiger charge is 2.34. The van der Waals surface area contributed by atoms with E-state index in [1.165, 1.54) is 6.07 Å². The summed E-state index contributed by atoms with van der Waals surface area (Å²) in [6, 6.07) is 3.95. The third kappa shape index (κ3) is 3.10. The second-order valence-electron chi connectivity index (χ2n) is 5.62. The van der Waals surface area contributed by atoms with Gasteiger partial charge in [0.1, 0.15) is 0 Å². The van der Waals surface area contributed by atoms with Crippen LogP contribution in [0.25, 0.3) is 5.69 Å². The number of fused-ring (bicyclic) bond motifs is 1. The summed E-state index contributed by atoms with van der Waals surface area (Å²) in [4.78, 5) is 0. The minimum absolute atomic E-state index is 0.294. The molecule has 0 bridgehead atoms. The fourth-order valence-corrected chi connectivity index (χ4v) is 3.16. The van der Waals surface area contributed by atoms with Gasteiger partial charge >= 0.3 is 6.18 Å². The molecule has 0 radical (unpaired) electrons. The first-order chi connectivity index (χ1) is 10.9. The van der Waals surface area contributed by atoms with Gasteiger partial charge in [-0.15, -0.1) is 0 Å². The van der Waals surface area contributed by atoms with Gasteiger partial charge in [-0.05, 0) is 24.6 Å². The molecule has 3 nitrogen and oxygen atoms in total. The minimum Gasteiger partial charge on any atom is -0.312 e. The number of alkyl halides is 3. The fourth-order valence-electron chi connectivity index (χ4n) is 2.93. The maximum Gasteiger partial charge on any atom is 0.417 e. The standard InChI is InChI=1S/C16H17ClF3N3/c1-2-3-14-11-9-21-7-6-15(11)23(22-14)10-4-5-13(17)12(8-10)16(18,19)20/h4-5,8,21H,2-3,6-7,9H2,1H3. The van der Waals surface area contributed by atoms with E-state index >= 15 is 0 Å². The summed E-state index contributed by atoms with van der Waals surface area (Å²) in [7, 11) is 0. The summed E-state index contributed by atoms with van der Waals surface area (Å²) in [6.07, 6.45) is -1.97. The van der Waals surface area contributed by atoms with Crippen LogP contribution in [0.5, 0.6) is 0 Å². The van der Waals surface area contributed by atoms with E-state index in [1.54, 1.807) is 10.7 Å². The zero-order valence-electron chi connectivity index (χ0n) is 12.7. The predicted octanol–water partition coefficient (Wildman–Crippen LogP) is 4.14. The number of hydrogen-bond donors (Lipinski definition) is 1. The van der Waals surface area contributed by atoms with Crippen LogP contribution in [0.1, 0.15) is 35.9 Å². The lowest BCUT2D eigenvalue weighted by atomic mass is 10.0. The summed E-state index contributed by atoms with van der Waals surface area (Å²) < 4.78 is 40.9. The summed E-state index contributed by atoms with van der Waals surface area (Å²) in [5, 5.41) is 7.57. The van der Waals surface area contributed by atoms with Crippen molar-refractivity contribution < 1.29 is 13.2 Å². The third-order valence-corrected chi connectivity index (χ3v) is 4.33. The first-order valence-corrected chi connectivity index (χ1v) is 7.97. The summed E-state index contributed by atoms with van der Waals surface area (Å²) in [5.74, 6) is 0. The Kier molecular flexibility index (Phi) is 4.38. The summed E-state index contributed by atoms with van der Waals surface area (Å²) in [5.41, 5.74) is 2.64. The molecule has 0 saturated heterocycles. The topological polar surface area (TPSA) is 29.9 Å². The van der Waals surface area contributed by atoms with Gasteiger partial charge in [0.15, 0.2) is 0 Å². The molecule has 0 aliphatic carbocycles. The van der Waals surface area contributed by atoms with Crippen LogP contribution in [0, 0.1) is 0 Å². The van der Waals surface area contributed by atoms with Gasteiger partial charge in [-0.2, -0.15) is 18.3 Å². The molecule has 3 rings (SSSR count). The van der Waals surface area contributed by atoms with Gasteiger partial charge in [0.05, 0.1) is 27.7 Å². The highest BCUT2D eigenvalue weighted by molar-refractivity contribution is 6.31. The molecule has 0 saturated carbocycles. The molecular weight excluding hydrogens is 327 g/mol. The first-order valence-electron chi connectivity index (χ1n) is 7.59. The van der Waals surface area contributed by atoms with Crippen molar-refractivity contribution in [3.63, 3.8) is 0 Å². The molecule has 1 aliphatic rings. The lowest BCUT2D eigenvalue weighted by Crippen LogP contribution is -2.25. The first kappa shape index (κ1) is 16.3. The lowest BCUT2D eigenvalue weighted by molar-refractivity contribution is -0.137. The number of nitrogens with one attached hydrogen (secondary N) is 1. The van der Waals surface area contributed by atoms with Crippen molar-refractivity contribution in [1.29, 1.82) is 0 Å². The van der Waals surface area contributed by atoms with E-state index in [4.69, 9.17) is 11.6 Å². The monoisotopic (exact) mass is 343 g/mol. The Labute approximate surface area is 137 Å². The Hall–Kier alpha value is -1.53. The maximum atomic E-state index is 13.1. The second-order valence-corrected chi connectivity index (χ2v) is 6.03. The smallest absolute Gasteiger partial charge is 0.312 e. The number of nitrogens with zero attached hydrogens (tertiary/aromatic N) is 2. The van der Waals surface area contributed by atoms with E-state index in [0.717, 1.165) is 48.8 Å². The van der Waals surface area contributed by atoms with Gasteiger partial charge in [-0.1, -0.05) is 24.9 Å². The predicted molar refractivity (Wildman–Crippen MR) is 83.0 cm³/mol. The van der Waals surface area contributed by atoms with Crippen LogP contribution < -0.4 is 5.32 Å². The van der Waals surface area contributed by atoms with Gasteiger partial charge in [0.25, 0.3) is 0 Å². The molecule has 0 atom stereocenters. The van der Waals surface area contributed by atoms with Crippen LogP contribution in [0.15, 0.2) is 18.2 Å². The van der Waals surface area contributed by atoms with Gasteiger partial charge in [0.2, 0.25) is 0 Å². The van der Waals surface area contributed by atoms with E-state index < -0.39 is 11.7 Å². The van der Waals surface area contributed by atoms with E-state index in [2.05, 4.69) is 17.3 Å². The molecule has 124 valence electrons. The van der Waals surface area contributed by atoms with Crippen LogP contribution in [0.2, 0.25) is 5.02 Å². The van der Waals surface area contributed by atoms with Crippen molar-refractivity contribution >= 4 is 11.6 Å². The molecular formula is C16H17ClF3N3. The van der Waals surface area contributed by atoms with Gasteiger partial charge in [-0.3, -0.25) is 0 Å². The Balaban J connectivity index is 2.12. The highest BCUT2D eigenvalue weighted by Crippen LogP contribution is 2.36. The van der Waals surface area contributed by atoms with Gasteiger partial charge in [0, 0.05) is 25.1 Å². The number of halogens is 4. The molecule has 2 aromatic rings. The third-order valence-electron chi connectivity index (χ3n) is 4.00. The van der Waals surface area contributed by atoms with Crippen LogP contribution in [0.3, 0.4) is 0 Å². The van der Waals surface area contributed by atoms with Crippen molar-refractivity contribution in [3.05, 3.63) is 45.7 Å². The number of benzene rings is 1. The molecule has 23 heavy (non-hydrogen) atoms. The van der Waals surface area contributed by atoms with Crippen molar-refractivity contribution in [2.24, 2.45) is 0 Å². The van der Waals surface area contributed by atoms with Crippen LogP contribution in [-0.2, 0) is 25.6 Å². The van der Waals surface area contributed by atoms with Crippen LogP contribution >= 0.6 is 11.6 Å². The minimum atomic E-state index is -4.48. The zero-order valence-corrected chi connectivity index (χ0v) is 13.4. The van der Waals surface area contributed by atoms with Crippen LogP contribution in [-0.4, -0.2) is 16.3 Å². The van der Waals surface area contributed by atoms with Crippen molar-refractivity contribution in [1.82, 2.24) is 15.1 Å². The maximum absolute atomic E-state index is 13.1. The SMILES string of the molecule is CCCc1nn(-c2ccc(Cl)c(C(F)(F)F)c2)c2c1CNCC2. The molecule has 1 N–H and O–H groups in total. The molecule has 0 fully saturated rings. The molecule has 1 aromatic heterocycles. The molecule has 1 aromatic carbocycles. The van der Waals surface area contributed by atoms with E-state index in [-0.39, 0.29) is 5.02 Å². The number of hydrogen-bond acceptors (Lipinski definition) is 2. The quantitative estimate of drug-likeness (QED) is 0.907. The molecule has 1 aliphatic heterocycles. The average Bonchev–Trinajstić information content (AvgIpc) is 2.86. The van der Waals surface area contributed by atoms with Crippen LogP contribution in [0.4, 0.5) is 13.2 Å². The Morgan fingerprint density at radius 3 is 2.83 bits per heavy atom. The Morgan fingerprint density at radius 2 is 2.13 bits per heavy atom. The Morgan fingerprint density at radius 1 is 1.35 bits per heavy atom. The molecule has 2 heterocycles. The van der Waals surface area contributed by atoms with Crippen molar-refractivity contribution in [2.45, 2.75) is 38.9 Å². The zero-order chi connectivity index (χ0) is 16.6. The number of aryl methyl sites for hydroxylation is 1. The van der Waals surface area contributed by atoms with E-state index in [1.807, 2.05) is 0 Å². The van der Waals surface area contributed by atoms with Crippen molar-refractivity contribution in [2.75, 3.05) is 6.54 Å². The normalized spacial score (nSPS) is 14.8. The Bertz CT molecular complexity index is 722. The molecule has 7 heteroatoms. The van der Waals surface area contributed by atoms with E-state index in [0.29, 0.717) is 12.2 Å². The summed E-state index contributed by atoms with van der Waals surface area (Å²) >= 11 is 5.71. The van der Waals surface area contributed by atoms with Gasteiger partial charge < -0.3 is 5.32 Å². The number of aromatic nitrogens is 2. The van der Waals surface area contributed by atoms with Gasteiger partial charge in [-0.25, -0.2) is 4.68 Å². The van der Waals surface area contributed by atoms with Crippen molar-refractivity contribution in [3.8, 4) is 5.69 Å². The second kappa shape index (κ2) is 6.17. The largest absolute Gasteiger partial charge is 0.417 e. The summed E-state index contributed by atoms with van der Waals surface area (Å²) in [6.45, 7) is 3.57. The highest BCUT2D eigenvalue weighted by atomic mass is 35.5. The molecule has 0 spiro atoms. The fraction of sp³-hybridized carbons (Fsp3) is 0.438. The lowest BCUT2D eigenvalue weighted by Gasteiger charge is -2.17. The average molecular weight is 344 g/mol. The molecule has 0 amide bonds. The number of rotatable bonds is 3. The molecule has 0 unspecified atom stereocenters. The van der Waals surface area contributed by atoms with E-state index in [9.17, 15) is 13.2 Å².